The van der Waals surface area contributed by atoms with E-state index in [9.17, 15) is 9.59 Å². The van der Waals surface area contributed by atoms with Crippen LogP contribution in [0.2, 0.25) is 0 Å². The van der Waals surface area contributed by atoms with Gasteiger partial charge in [0.25, 0.3) is 0 Å². The number of hydrogen-bond donors (Lipinski definition) is 4. The molecule has 0 radical (unpaired) electrons. The van der Waals surface area contributed by atoms with Gasteiger partial charge in [0.1, 0.15) is 0 Å². The summed E-state index contributed by atoms with van der Waals surface area (Å²) in [7, 11) is 0. The molecule has 0 aliphatic carbocycles. The Labute approximate surface area is 119 Å². The number of amides is 2. The molecule has 8 N–H and O–H groups in total. The maximum atomic E-state index is 10.6. The summed E-state index contributed by atoms with van der Waals surface area (Å²) < 4.78 is 0. The van der Waals surface area contributed by atoms with Crippen molar-refractivity contribution in [2.75, 3.05) is 0 Å². The highest BCUT2D eigenvalue weighted by Gasteiger charge is 2.02. The topological polar surface area (TPSA) is 138 Å². The van der Waals surface area contributed by atoms with Crippen molar-refractivity contribution in [3.63, 3.8) is 0 Å². The number of hydrogen-bond acceptors (Lipinski definition) is 4. The van der Waals surface area contributed by atoms with Gasteiger partial charge in [-0.15, -0.1) is 0 Å². The molecule has 112 valence electrons. The minimum atomic E-state index is -0.522. The van der Waals surface area contributed by atoms with Crippen molar-refractivity contribution in [1.29, 1.82) is 0 Å². The molecule has 6 heteroatoms. The smallest absolute Gasteiger partial charge is 0.248 e. The molecule has 20 heavy (non-hydrogen) atoms. The Morgan fingerprint density at radius 1 is 0.950 bits per heavy atom. The van der Waals surface area contributed by atoms with Crippen molar-refractivity contribution in [3.05, 3.63) is 35.4 Å². The van der Waals surface area contributed by atoms with Gasteiger partial charge >= 0.3 is 0 Å². The van der Waals surface area contributed by atoms with E-state index >= 15 is 0 Å². The second-order valence-electron chi connectivity index (χ2n) is 4.47. The molecule has 0 fully saturated rings. The summed E-state index contributed by atoms with van der Waals surface area (Å²) in [6.07, 6.45) is 4.54. The van der Waals surface area contributed by atoms with Crippen molar-refractivity contribution in [3.8, 4) is 0 Å². The highest BCUT2D eigenvalue weighted by molar-refractivity contribution is 5.96. The minimum absolute atomic E-state index is 0.0958. The maximum Gasteiger partial charge on any atom is 0.248 e. The molecule has 0 aliphatic heterocycles. The summed E-state index contributed by atoms with van der Waals surface area (Å²) in [5.41, 5.74) is 21.3. The molecule has 2 amide bonds. The Morgan fingerprint density at radius 3 is 1.60 bits per heavy atom. The summed E-state index contributed by atoms with van der Waals surface area (Å²) >= 11 is 0. The largest absolute Gasteiger partial charge is 0.366 e. The monoisotopic (exact) mass is 280 g/mol. The molecule has 1 aromatic rings. The molecule has 0 unspecified atom stereocenters. The van der Waals surface area contributed by atoms with Crippen molar-refractivity contribution < 1.29 is 9.59 Å². The number of unbranched alkanes of at least 4 members (excludes halogenated alkanes) is 2. The third-order valence-corrected chi connectivity index (χ3v) is 2.59. The van der Waals surface area contributed by atoms with E-state index in [4.69, 9.17) is 22.9 Å². The minimum Gasteiger partial charge on any atom is -0.366 e. The van der Waals surface area contributed by atoms with Crippen LogP contribution >= 0.6 is 0 Å². The number of primary amides is 2. The van der Waals surface area contributed by atoms with Crippen LogP contribution in [-0.2, 0) is 0 Å². The first kappa shape index (κ1) is 18.1. The van der Waals surface area contributed by atoms with E-state index in [-0.39, 0.29) is 6.17 Å². The van der Waals surface area contributed by atoms with Crippen molar-refractivity contribution in [2.45, 2.75) is 38.8 Å². The molecule has 0 atom stereocenters. The summed E-state index contributed by atoms with van der Waals surface area (Å²) in [5.74, 6) is -1.04. The molecule has 0 aliphatic rings. The van der Waals surface area contributed by atoms with Crippen LogP contribution in [-0.4, -0.2) is 18.0 Å². The SMILES string of the molecule is CCCCCC(N)N.NC(=O)c1ccc(C(N)=O)cc1. The molecular formula is C14H24N4O2. The summed E-state index contributed by atoms with van der Waals surface area (Å²) in [6.45, 7) is 2.17. The molecule has 0 heterocycles. The zero-order valence-electron chi connectivity index (χ0n) is 11.8. The van der Waals surface area contributed by atoms with E-state index in [1.165, 1.54) is 43.5 Å². The fourth-order valence-corrected chi connectivity index (χ4v) is 1.43. The van der Waals surface area contributed by atoms with Gasteiger partial charge < -0.3 is 22.9 Å². The zero-order chi connectivity index (χ0) is 15.5. The van der Waals surface area contributed by atoms with Crippen LogP contribution in [0.25, 0.3) is 0 Å². The van der Waals surface area contributed by atoms with Gasteiger partial charge in [0.15, 0.2) is 0 Å². The van der Waals surface area contributed by atoms with Crippen LogP contribution in [0.1, 0.15) is 53.3 Å². The number of carbonyl (C=O) groups excluding carboxylic acids is 2. The third kappa shape index (κ3) is 8.23. The van der Waals surface area contributed by atoms with Gasteiger partial charge in [0.05, 0.1) is 6.17 Å². The van der Waals surface area contributed by atoms with Crippen LogP contribution in [0.5, 0.6) is 0 Å². The van der Waals surface area contributed by atoms with E-state index in [0.29, 0.717) is 11.1 Å². The maximum absolute atomic E-state index is 10.6. The lowest BCUT2D eigenvalue weighted by Gasteiger charge is -2.01. The van der Waals surface area contributed by atoms with E-state index < -0.39 is 11.8 Å². The number of carbonyl (C=O) groups is 2. The Hall–Kier alpha value is -1.92. The Morgan fingerprint density at radius 2 is 1.35 bits per heavy atom. The fraction of sp³-hybridized carbons (Fsp3) is 0.429. The lowest BCUT2D eigenvalue weighted by Crippen LogP contribution is -2.29. The molecule has 0 aromatic heterocycles. The Balaban J connectivity index is 0.000000396. The molecule has 1 aromatic carbocycles. The highest BCUT2D eigenvalue weighted by atomic mass is 16.1. The first-order valence-electron chi connectivity index (χ1n) is 6.59. The molecule has 6 nitrogen and oxygen atoms in total. The summed E-state index contributed by atoms with van der Waals surface area (Å²) in [4.78, 5) is 21.2. The van der Waals surface area contributed by atoms with Crippen LogP contribution in [0.3, 0.4) is 0 Å². The van der Waals surface area contributed by atoms with Crippen LogP contribution in [0.15, 0.2) is 24.3 Å². The van der Waals surface area contributed by atoms with Crippen molar-refractivity contribution in [1.82, 2.24) is 0 Å². The lowest BCUT2D eigenvalue weighted by molar-refractivity contribution is 0.0988. The van der Waals surface area contributed by atoms with Crippen LogP contribution in [0, 0.1) is 0 Å². The van der Waals surface area contributed by atoms with Gasteiger partial charge in [-0.25, -0.2) is 0 Å². The number of benzene rings is 1. The van der Waals surface area contributed by atoms with Gasteiger partial charge in [-0.1, -0.05) is 26.2 Å². The van der Waals surface area contributed by atoms with Crippen molar-refractivity contribution >= 4 is 11.8 Å². The average Bonchev–Trinajstić information content (AvgIpc) is 2.39. The number of nitrogens with two attached hydrogens (primary N) is 4. The van der Waals surface area contributed by atoms with Gasteiger partial charge in [-0.2, -0.15) is 0 Å². The van der Waals surface area contributed by atoms with E-state index in [1.54, 1.807) is 0 Å². The lowest BCUT2D eigenvalue weighted by atomic mass is 10.1. The van der Waals surface area contributed by atoms with E-state index in [1.807, 2.05) is 0 Å². The summed E-state index contributed by atoms with van der Waals surface area (Å²) in [6, 6.07) is 5.84. The van der Waals surface area contributed by atoms with Gasteiger partial charge in [-0.3, -0.25) is 9.59 Å². The molecular weight excluding hydrogens is 256 g/mol. The Bertz CT molecular complexity index is 383. The van der Waals surface area contributed by atoms with Crippen molar-refractivity contribution in [2.24, 2.45) is 22.9 Å². The first-order valence-corrected chi connectivity index (χ1v) is 6.59. The molecule has 0 saturated carbocycles. The van der Waals surface area contributed by atoms with Gasteiger partial charge in [0.2, 0.25) is 11.8 Å². The molecule has 1 rings (SSSR count). The van der Waals surface area contributed by atoms with Crippen LogP contribution in [0.4, 0.5) is 0 Å². The van der Waals surface area contributed by atoms with E-state index in [0.717, 1.165) is 6.42 Å². The zero-order valence-corrected chi connectivity index (χ0v) is 11.8. The second-order valence-corrected chi connectivity index (χ2v) is 4.47. The predicted molar refractivity (Wildman–Crippen MR) is 79.8 cm³/mol. The first-order chi connectivity index (χ1) is 9.38. The van der Waals surface area contributed by atoms with Crippen LogP contribution < -0.4 is 22.9 Å². The second kappa shape index (κ2) is 9.94. The van der Waals surface area contributed by atoms with E-state index in [2.05, 4.69) is 6.92 Å². The fourth-order valence-electron chi connectivity index (χ4n) is 1.43. The molecule has 0 bridgehead atoms. The molecule has 0 saturated heterocycles. The Kier molecular flexibility index (Phi) is 8.98. The van der Waals surface area contributed by atoms with Gasteiger partial charge in [0, 0.05) is 11.1 Å². The third-order valence-electron chi connectivity index (χ3n) is 2.59. The van der Waals surface area contributed by atoms with Gasteiger partial charge in [-0.05, 0) is 30.7 Å². The average molecular weight is 280 g/mol. The molecule has 0 spiro atoms. The highest BCUT2D eigenvalue weighted by Crippen LogP contribution is 2.02. The quantitative estimate of drug-likeness (QED) is 0.450. The standard InChI is InChI=1S/C8H8N2O2.C6H16N2/c9-7(11)5-1-2-6(4-3-5)8(10)12;1-2-3-4-5-6(7)8/h1-4H,(H2,9,11)(H2,10,12);6H,2-5,7-8H2,1H3. The number of rotatable bonds is 6. The normalized spacial score (nSPS) is 9.80. The predicted octanol–water partition coefficient (Wildman–Crippen LogP) is 0.695. The summed E-state index contributed by atoms with van der Waals surface area (Å²) in [5, 5.41) is 0.